The van der Waals surface area contributed by atoms with Crippen molar-refractivity contribution in [1.29, 1.82) is 0 Å². The molecule has 0 fully saturated rings. The van der Waals surface area contributed by atoms with Gasteiger partial charge in [0.15, 0.2) is 0 Å². The van der Waals surface area contributed by atoms with Gasteiger partial charge in [-0.05, 0) is 18.2 Å². The largest absolute Gasteiger partial charge is 0.416 e. The van der Waals surface area contributed by atoms with Crippen LogP contribution in [0, 0.1) is 5.82 Å². The third kappa shape index (κ3) is 2.59. The van der Waals surface area contributed by atoms with Crippen LogP contribution in [0.2, 0.25) is 0 Å². The van der Waals surface area contributed by atoms with Crippen LogP contribution in [0.25, 0.3) is 0 Å². The van der Waals surface area contributed by atoms with Gasteiger partial charge in [-0.3, -0.25) is 0 Å². The van der Waals surface area contributed by atoms with Gasteiger partial charge in [-0.1, -0.05) is 0 Å². The first kappa shape index (κ1) is 11.8. The van der Waals surface area contributed by atoms with Gasteiger partial charge in [0.25, 0.3) is 0 Å². The molecule has 1 rings (SSSR count). The summed E-state index contributed by atoms with van der Waals surface area (Å²) in [5.74, 6) is -2.51. The van der Waals surface area contributed by atoms with E-state index in [0.29, 0.717) is 18.2 Å². The number of benzene rings is 1. The predicted octanol–water partition coefficient (Wildman–Crippen LogP) is 3.16. The zero-order valence-corrected chi connectivity index (χ0v) is 7.69. The van der Waals surface area contributed by atoms with Gasteiger partial charge in [-0.25, -0.2) is 9.18 Å². The van der Waals surface area contributed by atoms with E-state index in [2.05, 4.69) is 16.2 Å². The van der Waals surface area contributed by atoms with Gasteiger partial charge in [0.2, 0.25) is 0 Å². The molecular formula is C8H3ClF4O2. The van der Waals surface area contributed by atoms with Crippen molar-refractivity contribution in [3.05, 3.63) is 35.1 Å². The predicted molar refractivity (Wildman–Crippen MR) is 42.7 cm³/mol. The molecule has 0 saturated heterocycles. The minimum Gasteiger partial charge on any atom is -0.343 e. The Morgan fingerprint density at radius 3 is 2.40 bits per heavy atom. The number of hydrogen-bond acceptors (Lipinski definition) is 2. The summed E-state index contributed by atoms with van der Waals surface area (Å²) in [6.07, 6.45) is -4.66. The molecule has 0 aliphatic carbocycles. The maximum Gasteiger partial charge on any atom is 0.416 e. The second-order valence-corrected chi connectivity index (χ2v) is 2.71. The second-order valence-electron chi connectivity index (χ2n) is 2.56. The Kier molecular flexibility index (Phi) is 3.18. The summed E-state index contributed by atoms with van der Waals surface area (Å²) in [6, 6.07) is 1.37. The van der Waals surface area contributed by atoms with Gasteiger partial charge in [-0.2, -0.15) is 13.2 Å². The number of carbonyl (C=O) groups excluding carboxylic acids is 1. The highest BCUT2D eigenvalue weighted by atomic mass is 35.5. The molecule has 0 spiro atoms. The van der Waals surface area contributed by atoms with Crippen LogP contribution in [0.4, 0.5) is 17.6 Å². The molecule has 0 aliphatic heterocycles. The summed E-state index contributed by atoms with van der Waals surface area (Å²) in [7, 11) is 0. The molecule has 2 nitrogen and oxygen atoms in total. The molecule has 0 aliphatic rings. The smallest absolute Gasteiger partial charge is 0.343 e. The Labute approximate surface area is 86.6 Å². The van der Waals surface area contributed by atoms with Crippen LogP contribution in [-0.4, -0.2) is 5.97 Å². The maximum absolute atomic E-state index is 12.9. The Morgan fingerprint density at radius 1 is 1.33 bits per heavy atom. The molecule has 0 bridgehead atoms. The lowest BCUT2D eigenvalue weighted by atomic mass is 10.1. The summed E-state index contributed by atoms with van der Waals surface area (Å²) in [5, 5.41) is 0. The van der Waals surface area contributed by atoms with E-state index in [-0.39, 0.29) is 0 Å². The molecule has 82 valence electrons. The summed E-state index contributed by atoms with van der Waals surface area (Å²) in [6.45, 7) is 0. The summed E-state index contributed by atoms with van der Waals surface area (Å²) >= 11 is 4.63. The van der Waals surface area contributed by atoms with Crippen molar-refractivity contribution < 1.29 is 26.6 Å². The van der Waals surface area contributed by atoms with Crippen LogP contribution in [0.5, 0.6) is 0 Å². The molecule has 0 saturated carbocycles. The molecule has 1 aromatic carbocycles. The normalized spacial score (nSPS) is 11.3. The molecule has 0 unspecified atom stereocenters. The van der Waals surface area contributed by atoms with Crippen molar-refractivity contribution >= 4 is 17.8 Å². The fourth-order valence-corrected chi connectivity index (χ4v) is 0.983. The van der Waals surface area contributed by atoms with Crippen molar-refractivity contribution in [2.45, 2.75) is 6.18 Å². The highest BCUT2D eigenvalue weighted by molar-refractivity contribution is 6.15. The van der Waals surface area contributed by atoms with E-state index in [0.717, 1.165) is 0 Å². The average Bonchev–Trinajstić information content (AvgIpc) is 2.15. The fourth-order valence-electron chi connectivity index (χ4n) is 0.900. The standard InChI is InChI=1S/C8H3ClF4O2/c9-15-7(14)5-3-4(8(11,12)13)1-2-6(5)10/h1-3H. The number of hydrogen-bond donors (Lipinski definition) is 0. The summed E-state index contributed by atoms with van der Waals surface area (Å²) < 4.78 is 53.0. The molecule has 0 N–H and O–H groups in total. The van der Waals surface area contributed by atoms with E-state index < -0.39 is 29.1 Å². The molecule has 7 heteroatoms. The Morgan fingerprint density at radius 2 is 1.93 bits per heavy atom. The molecule has 0 aromatic heterocycles. The Hall–Kier alpha value is -1.30. The first-order chi connectivity index (χ1) is 6.86. The van der Waals surface area contributed by atoms with Gasteiger partial charge in [-0.15, -0.1) is 0 Å². The SMILES string of the molecule is O=C(OCl)c1cc(C(F)(F)F)ccc1F. The van der Waals surface area contributed by atoms with Crippen molar-refractivity contribution in [3.8, 4) is 0 Å². The number of alkyl halides is 3. The topological polar surface area (TPSA) is 26.3 Å². The third-order valence-electron chi connectivity index (χ3n) is 1.58. The lowest BCUT2D eigenvalue weighted by molar-refractivity contribution is -0.137. The number of carbonyl (C=O) groups is 1. The minimum atomic E-state index is -4.66. The monoisotopic (exact) mass is 242 g/mol. The maximum atomic E-state index is 12.9. The molecule has 0 atom stereocenters. The average molecular weight is 243 g/mol. The van der Waals surface area contributed by atoms with Crippen molar-refractivity contribution in [3.63, 3.8) is 0 Å². The van der Waals surface area contributed by atoms with E-state index in [1.807, 2.05) is 0 Å². The van der Waals surface area contributed by atoms with Crippen LogP contribution >= 0.6 is 11.9 Å². The zero-order valence-electron chi connectivity index (χ0n) is 6.94. The highest BCUT2D eigenvalue weighted by Gasteiger charge is 2.32. The molecule has 15 heavy (non-hydrogen) atoms. The van der Waals surface area contributed by atoms with Gasteiger partial charge in [0.1, 0.15) is 17.7 Å². The van der Waals surface area contributed by atoms with Gasteiger partial charge >= 0.3 is 12.1 Å². The Bertz CT molecular complexity index is 389. The molecule has 1 aromatic rings. The van der Waals surface area contributed by atoms with E-state index in [1.165, 1.54) is 0 Å². The van der Waals surface area contributed by atoms with Crippen LogP contribution in [-0.2, 0) is 10.5 Å². The van der Waals surface area contributed by atoms with Crippen molar-refractivity contribution in [1.82, 2.24) is 0 Å². The molecule has 0 amide bonds. The van der Waals surface area contributed by atoms with Gasteiger partial charge < -0.3 is 4.29 Å². The summed E-state index contributed by atoms with van der Waals surface area (Å²) in [4.78, 5) is 10.8. The van der Waals surface area contributed by atoms with Gasteiger partial charge in [0, 0.05) is 0 Å². The number of rotatable bonds is 1. The van der Waals surface area contributed by atoms with Crippen LogP contribution in [0.3, 0.4) is 0 Å². The van der Waals surface area contributed by atoms with Gasteiger partial charge in [0.05, 0.1) is 11.1 Å². The van der Waals surface area contributed by atoms with Crippen molar-refractivity contribution in [2.24, 2.45) is 0 Å². The van der Waals surface area contributed by atoms with E-state index in [4.69, 9.17) is 0 Å². The van der Waals surface area contributed by atoms with Crippen LogP contribution < -0.4 is 0 Å². The lowest BCUT2D eigenvalue weighted by Gasteiger charge is -2.07. The second kappa shape index (κ2) is 4.06. The zero-order chi connectivity index (χ0) is 11.6. The van der Waals surface area contributed by atoms with E-state index >= 15 is 0 Å². The molecule has 0 radical (unpaired) electrons. The first-order valence-corrected chi connectivity index (χ1v) is 3.87. The Balaban J connectivity index is 3.23. The third-order valence-corrected chi connectivity index (χ3v) is 1.72. The number of halogens is 5. The lowest BCUT2D eigenvalue weighted by Crippen LogP contribution is -2.09. The van der Waals surface area contributed by atoms with E-state index in [1.54, 1.807) is 0 Å². The summed E-state index contributed by atoms with van der Waals surface area (Å²) in [5.41, 5.74) is -2.01. The van der Waals surface area contributed by atoms with Crippen molar-refractivity contribution in [2.75, 3.05) is 0 Å². The highest BCUT2D eigenvalue weighted by Crippen LogP contribution is 2.30. The van der Waals surface area contributed by atoms with E-state index in [9.17, 15) is 22.4 Å². The first-order valence-electron chi connectivity index (χ1n) is 3.56. The minimum absolute atomic E-state index is 0.333. The van der Waals surface area contributed by atoms with Crippen LogP contribution in [0.15, 0.2) is 18.2 Å². The van der Waals surface area contributed by atoms with Crippen LogP contribution in [0.1, 0.15) is 15.9 Å². The molecular weight excluding hydrogens is 240 g/mol. The quantitative estimate of drug-likeness (QED) is 0.707. The fraction of sp³-hybridized carbons (Fsp3) is 0.125. The molecule has 0 heterocycles.